The molecular weight excluding hydrogens is 409 g/mol. The zero-order valence-corrected chi connectivity index (χ0v) is 17.0. The van der Waals surface area contributed by atoms with Crippen molar-refractivity contribution < 1.29 is 9.53 Å². The van der Waals surface area contributed by atoms with E-state index in [4.69, 9.17) is 40.2 Å². The molecular formula is C19H15Cl2NO2S2. The van der Waals surface area contributed by atoms with Crippen LogP contribution in [-0.2, 0) is 11.4 Å². The molecule has 26 heavy (non-hydrogen) atoms. The van der Waals surface area contributed by atoms with Crippen molar-refractivity contribution in [2.45, 2.75) is 13.5 Å². The van der Waals surface area contributed by atoms with Gasteiger partial charge in [-0.25, -0.2) is 0 Å². The van der Waals surface area contributed by atoms with Crippen LogP contribution < -0.4 is 4.74 Å². The van der Waals surface area contributed by atoms with Crippen molar-refractivity contribution in [2.24, 2.45) is 0 Å². The quantitative estimate of drug-likeness (QED) is 0.449. The second kappa shape index (κ2) is 8.44. The largest absolute Gasteiger partial charge is 0.489 e. The van der Waals surface area contributed by atoms with E-state index >= 15 is 0 Å². The van der Waals surface area contributed by atoms with E-state index in [1.165, 1.54) is 11.8 Å². The summed E-state index contributed by atoms with van der Waals surface area (Å²) >= 11 is 18.5. The Balaban J connectivity index is 1.72. The van der Waals surface area contributed by atoms with Crippen LogP contribution in [0.25, 0.3) is 6.08 Å². The number of carbonyl (C=O) groups excluding carboxylic acids is 1. The predicted octanol–water partition coefficient (Wildman–Crippen LogP) is 5.79. The number of benzene rings is 2. The van der Waals surface area contributed by atoms with Crippen molar-refractivity contribution >= 4 is 63.5 Å². The summed E-state index contributed by atoms with van der Waals surface area (Å²) in [5.74, 6) is 0.653. The minimum atomic E-state index is -0.0513. The van der Waals surface area contributed by atoms with Crippen LogP contribution in [0.2, 0.25) is 10.0 Å². The van der Waals surface area contributed by atoms with Crippen molar-refractivity contribution in [1.29, 1.82) is 0 Å². The maximum atomic E-state index is 12.3. The number of thiocarbonyl (C=S) groups is 1. The highest BCUT2D eigenvalue weighted by molar-refractivity contribution is 8.26. The van der Waals surface area contributed by atoms with Gasteiger partial charge in [0.25, 0.3) is 5.91 Å². The Morgan fingerprint density at radius 3 is 2.69 bits per heavy atom. The maximum Gasteiger partial charge on any atom is 0.266 e. The van der Waals surface area contributed by atoms with Gasteiger partial charge in [0.05, 0.1) is 15.0 Å². The standard InChI is InChI=1S/C19H15Cl2NO2S2/c1-2-22-18(23)17(26-19(22)25)10-12-4-3-5-14(8-12)24-11-13-6-7-15(20)16(21)9-13/h3-10H,2,11H2,1H3/b17-10+. The van der Waals surface area contributed by atoms with E-state index in [1.807, 2.05) is 43.3 Å². The summed E-state index contributed by atoms with van der Waals surface area (Å²) < 4.78 is 6.42. The molecule has 0 aliphatic carbocycles. The molecule has 0 N–H and O–H groups in total. The molecule has 3 rings (SSSR count). The van der Waals surface area contributed by atoms with Crippen molar-refractivity contribution in [2.75, 3.05) is 6.54 Å². The number of thioether (sulfide) groups is 1. The van der Waals surface area contributed by atoms with Gasteiger partial charge >= 0.3 is 0 Å². The number of ether oxygens (including phenoxy) is 1. The number of halogens is 2. The molecule has 2 aromatic rings. The molecule has 1 fully saturated rings. The van der Waals surface area contributed by atoms with E-state index in [9.17, 15) is 4.79 Å². The number of amides is 1. The van der Waals surface area contributed by atoms with Gasteiger partial charge in [0.15, 0.2) is 0 Å². The van der Waals surface area contributed by atoms with Gasteiger partial charge < -0.3 is 4.74 Å². The molecule has 1 aliphatic heterocycles. The summed E-state index contributed by atoms with van der Waals surface area (Å²) in [6, 6.07) is 13.0. The third-order valence-corrected chi connectivity index (χ3v) is 5.85. The zero-order chi connectivity index (χ0) is 18.7. The van der Waals surface area contributed by atoms with Gasteiger partial charge in [0, 0.05) is 6.54 Å². The number of likely N-dealkylation sites (N-methyl/N-ethyl adjacent to an activating group) is 1. The summed E-state index contributed by atoms with van der Waals surface area (Å²) in [5, 5.41) is 1.02. The van der Waals surface area contributed by atoms with Gasteiger partial charge in [0.2, 0.25) is 0 Å². The number of rotatable bonds is 5. The number of hydrogen-bond acceptors (Lipinski definition) is 4. The fourth-order valence-corrected chi connectivity index (χ4v) is 4.12. The van der Waals surface area contributed by atoms with E-state index < -0.39 is 0 Å². The highest BCUT2D eigenvalue weighted by Gasteiger charge is 2.30. The lowest BCUT2D eigenvalue weighted by Gasteiger charge is -2.09. The normalized spacial score (nSPS) is 15.8. The van der Waals surface area contributed by atoms with E-state index in [0.717, 1.165) is 11.1 Å². The highest BCUT2D eigenvalue weighted by Crippen LogP contribution is 2.32. The second-order valence-corrected chi connectivity index (χ2v) is 8.03. The van der Waals surface area contributed by atoms with Crippen LogP contribution in [-0.4, -0.2) is 21.7 Å². The number of hydrogen-bond donors (Lipinski definition) is 0. The molecule has 1 amide bonds. The fraction of sp³-hybridized carbons (Fsp3) is 0.158. The monoisotopic (exact) mass is 423 g/mol. The third-order valence-electron chi connectivity index (χ3n) is 3.74. The van der Waals surface area contributed by atoms with Crippen molar-refractivity contribution in [1.82, 2.24) is 4.90 Å². The van der Waals surface area contributed by atoms with Gasteiger partial charge in [-0.1, -0.05) is 65.4 Å². The van der Waals surface area contributed by atoms with Gasteiger partial charge in [-0.15, -0.1) is 0 Å². The van der Waals surface area contributed by atoms with E-state index in [1.54, 1.807) is 17.0 Å². The Morgan fingerprint density at radius 1 is 1.19 bits per heavy atom. The van der Waals surface area contributed by atoms with Crippen LogP contribution in [0.4, 0.5) is 0 Å². The molecule has 1 heterocycles. The molecule has 0 unspecified atom stereocenters. The van der Waals surface area contributed by atoms with Gasteiger partial charge in [0.1, 0.15) is 16.7 Å². The average molecular weight is 424 g/mol. The summed E-state index contributed by atoms with van der Waals surface area (Å²) in [6.07, 6.45) is 1.83. The summed E-state index contributed by atoms with van der Waals surface area (Å²) in [4.78, 5) is 14.5. The van der Waals surface area contributed by atoms with Gasteiger partial charge in [-0.2, -0.15) is 0 Å². The summed E-state index contributed by atoms with van der Waals surface area (Å²) in [6.45, 7) is 2.86. The minimum Gasteiger partial charge on any atom is -0.489 e. The molecule has 1 saturated heterocycles. The van der Waals surface area contributed by atoms with Crippen LogP contribution in [0.1, 0.15) is 18.1 Å². The Bertz CT molecular complexity index is 899. The lowest BCUT2D eigenvalue weighted by Crippen LogP contribution is -2.27. The maximum absolute atomic E-state index is 12.3. The van der Waals surface area contributed by atoms with Crippen LogP contribution >= 0.6 is 47.2 Å². The fourth-order valence-electron chi connectivity index (χ4n) is 2.41. The second-order valence-electron chi connectivity index (χ2n) is 5.54. The zero-order valence-electron chi connectivity index (χ0n) is 13.9. The lowest BCUT2D eigenvalue weighted by molar-refractivity contribution is -0.121. The first-order chi connectivity index (χ1) is 12.5. The first kappa shape index (κ1) is 19.2. The van der Waals surface area contributed by atoms with Gasteiger partial charge in [-0.05, 0) is 48.4 Å². The molecule has 0 aromatic heterocycles. The molecule has 1 aliphatic rings. The molecule has 0 radical (unpaired) electrons. The Morgan fingerprint density at radius 2 is 2.00 bits per heavy atom. The lowest BCUT2D eigenvalue weighted by atomic mass is 10.2. The van der Waals surface area contributed by atoms with Crippen LogP contribution in [0.5, 0.6) is 5.75 Å². The van der Waals surface area contributed by atoms with Crippen LogP contribution in [0, 0.1) is 0 Å². The molecule has 0 atom stereocenters. The van der Waals surface area contributed by atoms with E-state index in [-0.39, 0.29) is 5.91 Å². The first-order valence-corrected chi connectivity index (χ1v) is 9.88. The average Bonchev–Trinajstić information content (AvgIpc) is 2.89. The van der Waals surface area contributed by atoms with Crippen molar-refractivity contribution in [3.63, 3.8) is 0 Å². The van der Waals surface area contributed by atoms with Crippen molar-refractivity contribution in [3.8, 4) is 5.75 Å². The first-order valence-electron chi connectivity index (χ1n) is 7.90. The Kier molecular flexibility index (Phi) is 6.24. The molecule has 134 valence electrons. The summed E-state index contributed by atoms with van der Waals surface area (Å²) in [7, 11) is 0. The molecule has 3 nitrogen and oxygen atoms in total. The molecule has 0 spiro atoms. The topological polar surface area (TPSA) is 29.5 Å². The van der Waals surface area contributed by atoms with Crippen molar-refractivity contribution in [3.05, 3.63) is 68.5 Å². The van der Waals surface area contributed by atoms with E-state index in [0.29, 0.717) is 38.2 Å². The minimum absolute atomic E-state index is 0.0513. The van der Waals surface area contributed by atoms with E-state index in [2.05, 4.69) is 0 Å². The SMILES string of the molecule is CCN1C(=O)/C(=C\c2cccc(OCc3ccc(Cl)c(Cl)c3)c2)SC1=S. The van der Waals surface area contributed by atoms with Crippen LogP contribution in [0.3, 0.4) is 0 Å². The molecule has 0 bridgehead atoms. The molecule has 2 aromatic carbocycles. The summed E-state index contributed by atoms with van der Waals surface area (Å²) in [5.41, 5.74) is 1.81. The number of nitrogens with zero attached hydrogens (tertiary/aromatic N) is 1. The third kappa shape index (κ3) is 4.41. The number of carbonyl (C=O) groups is 1. The smallest absolute Gasteiger partial charge is 0.266 e. The predicted molar refractivity (Wildman–Crippen MR) is 113 cm³/mol. The van der Waals surface area contributed by atoms with Crippen LogP contribution in [0.15, 0.2) is 47.4 Å². The Labute approximate surface area is 171 Å². The Hall–Kier alpha value is -1.53. The molecule has 0 saturated carbocycles. The highest BCUT2D eigenvalue weighted by atomic mass is 35.5. The molecule has 7 heteroatoms. The van der Waals surface area contributed by atoms with Gasteiger partial charge in [-0.3, -0.25) is 9.69 Å².